The molecule has 160 valence electrons. The summed E-state index contributed by atoms with van der Waals surface area (Å²) in [5, 5.41) is 6.91. The number of guanidine groups is 1. The van der Waals surface area contributed by atoms with Crippen molar-refractivity contribution >= 4 is 29.9 Å². The maximum Gasteiger partial charge on any atom is 0.190 e. The van der Waals surface area contributed by atoms with E-state index in [1.54, 1.807) is 7.11 Å². The predicted molar refractivity (Wildman–Crippen MR) is 133 cm³/mol. The number of hydrogen-bond acceptors (Lipinski definition) is 3. The Morgan fingerprint density at radius 2 is 1.79 bits per heavy atom. The molecule has 6 heteroatoms. The number of methoxy groups -OCH3 is 1. The van der Waals surface area contributed by atoms with Crippen molar-refractivity contribution in [1.82, 2.24) is 15.6 Å². The Bertz CT molecular complexity index is 719. The number of pyridine rings is 1. The summed E-state index contributed by atoms with van der Waals surface area (Å²) in [5.41, 5.74) is 2.58. The first-order chi connectivity index (χ1) is 13.5. The molecule has 0 bridgehead atoms. The quantitative estimate of drug-likeness (QED) is 0.289. The van der Waals surface area contributed by atoms with Gasteiger partial charge in [0.05, 0.1) is 7.11 Å². The van der Waals surface area contributed by atoms with E-state index < -0.39 is 0 Å². The highest BCUT2D eigenvalue weighted by atomic mass is 127. The molecule has 2 N–H and O–H groups in total. The number of halogens is 1. The van der Waals surface area contributed by atoms with Crippen molar-refractivity contribution in [2.75, 3.05) is 27.2 Å². The zero-order valence-electron chi connectivity index (χ0n) is 18.2. The average molecular weight is 510 g/mol. The molecule has 0 saturated carbocycles. The maximum absolute atomic E-state index is 5.23. The highest BCUT2D eigenvalue weighted by Gasteiger charge is 2.16. The minimum absolute atomic E-state index is 0. The summed E-state index contributed by atoms with van der Waals surface area (Å²) in [5.74, 6) is 3.12. The Kier molecular flexibility index (Phi) is 11.7. The van der Waals surface area contributed by atoms with Crippen molar-refractivity contribution in [3.8, 4) is 5.75 Å². The van der Waals surface area contributed by atoms with Gasteiger partial charge in [-0.2, -0.15) is 0 Å². The summed E-state index contributed by atoms with van der Waals surface area (Å²) in [4.78, 5) is 8.63. The molecule has 1 aromatic carbocycles. The standard InChI is InChI=1S/C23H34N4O.HI/c1-17(2)22(20-7-6-13-25-15-20)16-27-23(24-4)26-14-12-18(3)19-8-10-21(28-5)11-9-19;/h6-11,13,15,17-18,22H,12,14,16H2,1-5H3,(H2,24,26,27);1H. The number of ether oxygens (including phenoxy) is 1. The minimum atomic E-state index is 0. The maximum atomic E-state index is 5.23. The molecule has 0 aliphatic carbocycles. The lowest BCUT2D eigenvalue weighted by Gasteiger charge is -2.23. The lowest BCUT2D eigenvalue weighted by atomic mass is 9.89. The van der Waals surface area contributed by atoms with E-state index in [4.69, 9.17) is 4.74 Å². The van der Waals surface area contributed by atoms with Gasteiger partial charge in [-0.1, -0.05) is 39.0 Å². The van der Waals surface area contributed by atoms with Gasteiger partial charge in [-0.05, 0) is 47.6 Å². The Labute approximate surface area is 192 Å². The molecule has 2 rings (SSSR count). The summed E-state index contributed by atoms with van der Waals surface area (Å²) in [6, 6.07) is 12.5. The summed E-state index contributed by atoms with van der Waals surface area (Å²) in [7, 11) is 3.51. The Morgan fingerprint density at radius 1 is 1.07 bits per heavy atom. The fourth-order valence-corrected chi connectivity index (χ4v) is 3.27. The van der Waals surface area contributed by atoms with E-state index >= 15 is 0 Å². The highest BCUT2D eigenvalue weighted by Crippen LogP contribution is 2.23. The van der Waals surface area contributed by atoms with Crippen LogP contribution in [0.15, 0.2) is 53.8 Å². The van der Waals surface area contributed by atoms with Crippen LogP contribution in [-0.4, -0.2) is 38.2 Å². The molecule has 2 aromatic rings. The van der Waals surface area contributed by atoms with Crippen LogP contribution in [0.25, 0.3) is 0 Å². The van der Waals surface area contributed by atoms with Crippen LogP contribution in [0.5, 0.6) is 5.75 Å². The Morgan fingerprint density at radius 3 is 2.34 bits per heavy atom. The first-order valence-electron chi connectivity index (χ1n) is 10.0. The molecule has 0 aliphatic rings. The van der Waals surface area contributed by atoms with Crippen molar-refractivity contribution in [2.45, 2.75) is 39.0 Å². The SMILES string of the molecule is CN=C(NCCC(C)c1ccc(OC)cc1)NCC(c1cccnc1)C(C)C.I. The normalized spacial score (nSPS) is 13.4. The monoisotopic (exact) mass is 510 g/mol. The predicted octanol–water partition coefficient (Wildman–Crippen LogP) is 4.81. The van der Waals surface area contributed by atoms with Crippen LogP contribution in [0.1, 0.15) is 50.2 Å². The molecule has 1 aromatic heterocycles. The second-order valence-electron chi connectivity index (χ2n) is 7.48. The molecule has 2 atom stereocenters. The van der Waals surface area contributed by atoms with E-state index in [-0.39, 0.29) is 24.0 Å². The van der Waals surface area contributed by atoms with E-state index in [0.717, 1.165) is 31.2 Å². The van der Waals surface area contributed by atoms with Crippen molar-refractivity contribution < 1.29 is 4.74 Å². The number of rotatable bonds is 9. The lowest BCUT2D eigenvalue weighted by molar-refractivity contribution is 0.414. The molecule has 0 spiro atoms. The van der Waals surface area contributed by atoms with Crippen molar-refractivity contribution in [2.24, 2.45) is 10.9 Å². The molecule has 2 unspecified atom stereocenters. The zero-order valence-corrected chi connectivity index (χ0v) is 20.5. The van der Waals surface area contributed by atoms with Gasteiger partial charge < -0.3 is 15.4 Å². The number of hydrogen-bond donors (Lipinski definition) is 2. The first kappa shape index (κ1) is 25.2. The third-order valence-corrected chi connectivity index (χ3v) is 5.18. The zero-order chi connectivity index (χ0) is 20.4. The average Bonchev–Trinajstić information content (AvgIpc) is 2.73. The van der Waals surface area contributed by atoms with E-state index in [1.165, 1.54) is 11.1 Å². The molecule has 0 fully saturated rings. The molecular weight excluding hydrogens is 475 g/mol. The van der Waals surface area contributed by atoms with Gasteiger partial charge in [0.25, 0.3) is 0 Å². The van der Waals surface area contributed by atoms with Crippen molar-refractivity contribution in [3.63, 3.8) is 0 Å². The number of aromatic nitrogens is 1. The van der Waals surface area contributed by atoms with Gasteiger partial charge in [-0.25, -0.2) is 0 Å². The lowest BCUT2D eigenvalue weighted by Crippen LogP contribution is -2.40. The summed E-state index contributed by atoms with van der Waals surface area (Å²) >= 11 is 0. The topological polar surface area (TPSA) is 58.5 Å². The van der Waals surface area contributed by atoms with E-state index in [0.29, 0.717) is 17.8 Å². The summed E-state index contributed by atoms with van der Waals surface area (Å²) in [6.45, 7) is 8.43. The van der Waals surface area contributed by atoms with Crippen molar-refractivity contribution in [3.05, 3.63) is 59.9 Å². The largest absolute Gasteiger partial charge is 0.497 e. The van der Waals surface area contributed by atoms with Crippen molar-refractivity contribution in [1.29, 1.82) is 0 Å². The number of nitrogens with zero attached hydrogens (tertiary/aromatic N) is 2. The Hall–Kier alpha value is -1.83. The van der Waals surface area contributed by atoms with Crippen LogP contribution in [0.4, 0.5) is 0 Å². The van der Waals surface area contributed by atoms with Crippen LogP contribution in [0.3, 0.4) is 0 Å². The van der Waals surface area contributed by atoms with Crippen LogP contribution in [0, 0.1) is 5.92 Å². The van der Waals surface area contributed by atoms with E-state index in [1.807, 2.05) is 37.6 Å². The minimum Gasteiger partial charge on any atom is -0.497 e. The van der Waals surface area contributed by atoms with Gasteiger partial charge in [0, 0.05) is 38.4 Å². The second-order valence-corrected chi connectivity index (χ2v) is 7.48. The molecule has 5 nitrogen and oxygen atoms in total. The first-order valence-corrected chi connectivity index (χ1v) is 10.0. The number of benzene rings is 1. The molecule has 29 heavy (non-hydrogen) atoms. The number of aliphatic imine (C=N–C) groups is 1. The molecular formula is C23H35IN4O. The van der Waals surface area contributed by atoms with Crippen LogP contribution >= 0.6 is 24.0 Å². The second kappa shape index (κ2) is 13.4. The fraction of sp³-hybridized carbons (Fsp3) is 0.478. The molecule has 0 saturated heterocycles. The van der Waals surface area contributed by atoms with Gasteiger partial charge in [-0.3, -0.25) is 9.98 Å². The third-order valence-electron chi connectivity index (χ3n) is 5.18. The van der Waals surface area contributed by atoms with Gasteiger partial charge in [0.15, 0.2) is 5.96 Å². The van der Waals surface area contributed by atoms with E-state index in [9.17, 15) is 0 Å². The third kappa shape index (κ3) is 8.20. The van der Waals surface area contributed by atoms with Gasteiger partial charge in [0.2, 0.25) is 0 Å². The van der Waals surface area contributed by atoms with Gasteiger partial charge >= 0.3 is 0 Å². The van der Waals surface area contributed by atoms with Crippen LogP contribution in [0.2, 0.25) is 0 Å². The molecule has 0 amide bonds. The molecule has 0 radical (unpaired) electrons. The summed E-state index contributed by atoms with van der Waals surface area (Å²) < 4.78 is 5.23. The smallest absolute Gasteiger partial charge is 0.190 e. The van der Waals surface area contributed by atoms with Crippen LogP contribution < -0.4 is 15.4 Å². The highest BCUT2D eigenvalue weighted by molar-refractivity contribution is 14.0. The Balaban J connectivity index is 0.00000420. The number of nitrogens with one attached hydrogen (secondary N) is 2. The summed E-state index contributed by atoms with van der Waals surface area (Å²) in [6.07, 6.45) is 4.81. The molecule has 1 heterocycles. The fourth-order valence-electron chi connectivity index (χ4n) is 3.27. The van der Waals surface area contributed by atoms with Crippen LogP contribution in [-0.2, 0) is 0 Å². The van der Waals surface area contributed by atoms with Gasteiger partial charge in [0.1, 0.15) is 5.75 Å². The van der Waals surface area contributed by atoms with Gasteiger partial charge in [-0.15, -0.1) is 24.0 Å². The van der Waals surface area contributed by atoms with E-state index in [2.05, 4.69) is 59.6 Å². The molecule has 0 aliphatic heterocycles.